The molecule has 0 aliphatic carbocycles. The minimum Gasteiger partial charge on any atom is -0.469 e. The summed E-state index contributed by atoms with van der Waals surface area (Å²) >= 11 is 0. The van der Waals surface area contributed by atoms with Gasteiger partial charge >= 0.3 is 5.97 Å². The number of amides is 1. The van der Waals surface area contributed by atoms with Gasteiger partial charge in [0.25, 0.3) is 11.5 Å². The lowest BCUT2D eigenvalue weighted by Gasteiger charge is -2.18. The molecule has 0 radical (unpaired) electrons. The maximum absolute atomic E-state index is 13.2. The van der Waals surface area contributed by atoms with Crippen LogP contribution in [0.2, 0.25) is 0 Å². The standard InChI is InChI=1S/C20H18FN3O4/c1-24-20(27)15-6-4-3-5-14(15)18(23-24)19(26)22-16(11-17(25)28-2)12-7-9-13(21)10-8-12/h3-10,16H,11H2,1-2H3,(H,22,26). The van der Waals surface area contributed by atoms with Gasteiger partial charge in [0.15, 0.2) is 5.69 Å². The van der Waals surface area contributed by atoms with Crippen molar-refractivity contribution in [2.75, 3.05) is 7.11 Å². The molecule has 144 valence electrons. The fourth-order valence-corrected chi connectivity index (χ4v) is 2.89. The highest BCUT2D eigenvalue weighted by molar-refractivity contribution is 6.05. The van der Waals surface area contributed by atoms with E-state index in [-0.39, 0.29) is 17.7 Å². The quantitative estimate of drug-likeness (QED) is 0.682. The zero-order valence-electron chi connectivity index (χ0n) is 15.3. The number of aromatic nitrogens is 2. The van der Waals surface area contributed by atoms with Crippen LogP contribution in [-0.4, -0.2) is 28.8 Å². The largest absolute Gasteiger partial charge is 0.469 e. The average Bonchev–Trinajstić information content (AvgIpc) is 2.70. The molecule has 0 aliphatic heterocycles. The minimum absolute atomic E-state index is 0.0506. The molecule has 3 rings (SSSR count). The van der Waals surface area contributed by atoms with Gasteiger partial charge in [-0.05, 0) is 23.8 Å². The molecule has 8 heteroatoms. The van der Waals surface area contributed by atoms with E-state index in [0.29, 0.717) is 16.3 Å². The molecule has 0 saturated carbocycles. The SMILES string of the molecule is COC(=O)CC(NC(=O)c1nn(C)c(=O)c2ccccc12)c1ccc(F)cc1. The number of halogens is 1. The first-order valence-electron chi connectivity index (χ1n) is 8.50. The van der Waals surface area contributed by atoms with Crippen molar-refractivity contribution < 1.29 is 18.7 Å². The van der Waals surface area contributed by atoms with E-state index in [1.165, 1.54) is 38.4 Å². The summed E-state index contributed by atoms with van der Waals surface area (Å²) in [6.45, 7) is 0. The molecule has 7 nitrogen and oxygen atoms in total. The molecule has 1 aromatic heterocycles. The highest BCUT2D eigenvalue weighted by atomic mass is 19.1. The molecule has 0 saturated heterocycles. The zero-order valence-corrected chi connectivity index (χ0v) is 15.3. The van der Waals surface area contributed by atoms with Crippen molar-refractivity contribution in [2.45, 2.75) is 12.5 Å². The second-order valence-corrected chi connectivity index (χ2v) is 6.18. The number of ether oxygens (including phenoxy) is 1. The van der Waals surface area contributed by atoms with Crippen LogP contribution in [0.25, 0.3) is 10.8 Å². The van der Waals surface area contributed by atoms with E-state index >= 15 is 0 Å². The molecule has 0 fully saturated rings. The first-order valence-corrected chi connectivity index (χ1v) is 8.50. The topological polar surface area (TPSA) is 90.3 Å². The number of methoxy groups -OCH3 is 1. The van der Waals surface area contributed by atoms with Crippen LogP contribution in [0.3, 0.4) is 0 Å². The smallest absolute Gasteiger partial charge is 0.307 e. The molecular formula is C20H18FN3O4. The number of esters is 1. The van der Waals surface area contributed by atoms with Crippen molar-refractivity contribution >= 4 is 22.6 Å². The van der Waals surface area contributed by atoms with Gasteiger partial charge in [-0.15, -0.1) is 0 Å². The monoisotopic (exact) mass is 383 g/mol. The van der Waals surface area contributed by atoms with E-state index < -0.39 is 23.7 Å². The summed E-state index contributed by atoms with van der Waals surface area (Å²) in [5.41, 5.74) is 0.265. The molecule has 0 aliphatic rings. The maximum atomic E-state index is 13.2. The zero-order chi connectivity index (χ0) is 20.3. The molecule has 28 heavy (non-hydrogen) atoms. The molecular weight excluding hydrogens is 365 g/mol. The van der Waals surface area contributed by atoms with E-state index in [4.69, 9.17) is 4.74 Å². The highest BCUT2D eigenvalue weighted by Crippen LogP contribution is 2.20. The average molecular weight is 383 g/mol. The summed E-state index contributed by atoms with van der Waals surface area (Å²) in [5, 5.41) is 7.57. The Morgan fingerprint density at radius 3 is 2.43 bits per heavy atom. The Morgan fingerprint density at radius 1 is 1.14 bits per heavy atom. The third-order valence-electron chi connectivity index (χ3n) is 4.35. The third-order valence-corrected chi connectivity index (χ3v) is 4.35. The first-order chi connectivity index (χ1) is 13.4. The molecule has 1 atom stereocenters. The number of rotatable bonds is 5. The van der Waals surface area contributed by atoms with Gasteiger partial charge in [0.05, 0.1) is 25.0 Å². The van der Waals surface area contributed by atoms with Crippen LogP contribution < -0.4 is 10.9 Å². The van der Waals surface area contributed by atoms with Crippen molar-refractivity contribution in [1.29, 1.82) is 0 Å². The van der Waals surface area contributed by atoms with Crippen LogP contribution in [0.15, 0.2) is 53.3 Å². The number of carbonyl (C=O) groups is 2. The lowest BCUT2D eigenvalue weighted by Crippen LogP contribution is -2.33. The fourth-order valence-electron chi connectivity index (χ4n) is 2.89. The van der Waals surface area contributed by atoms with E-state index in [0.717, 1.165) is 4.68 Å². The summed E-state index contributed by atoms with van der Waals surface area (Å²) in [6.07, 6.45) is -0.141. The molecule has 3 aromatic rings. The van der Waals surface area contributed by atoms with Crippen LogP contribution in [0.5, 0.6) is 0 Å². The van der Waals surface area contributed by atoms with Gasteiger partial charge < -0.3 is 10.1 Å². The number of carbonyl (C=O) groups excluding carboxylic acids is 2. The van der Waals surface area contributed by atoms with E-state index in [1.54, 1.807) is 24.3 Å². The molecule has 0 spiro atoms. The fraction of sp³-hybridized carbons (Fsp3) is 0.200. The Kier molecular flexibility index (Phi) is 5.49. The lowest BCUT2D eigenvalue weighted by molar-refractivity contribution is -0.141. The first kappa shape index (κ1) is 19.2. The van der Waals surface area contributed by atoms with Crippen LogP contribution >= 0.6 is 0 Å². The predicted octanol–water partition coefficient (Wildman–Crippen LogP) is 2.11. The molecule has 0 bridgehead atoms. The molecule has 1 unspecified atom stereocenters. The highest BCUT2D eigenvalue weighted by Gasteiger charge is 2.22. The Morgan fingerprint density at radius 2 is 1.79 bits per heavy atom. The van der Waals surface area contributed by atoms with Crippen molar-refractivity contribution in [3.05, 3.63) is 76.0 Å². The molecule has 1 amide bonds. The Hall–Kier alpha value is -3.55. The lowest BCUT2D eigenvalue weighted by atomic mass is 10.0. The van der Waals surface area contributed by atoms with Gasteiger partial charge in [-0.3, -0.25) is 14.4 Å². The second kappa shape index (κ2) is 7.99. The summed E-state index contributed by atoms with van der Waals surface area (Å²) in [6, 6.07) is 11.3. The molecule has 1 heterocycles. The van der Waals surface area contributed by atoms with Gasteiger partial charge in [-0.1, -0.05) is 30.3 Å². The normalized spacial score (nSPS) is 11.8. The van der Waals surface area contributed by atoms with Gasteiger partial charge in [-0.2, -0.15) is 5.10 Å². The third kappa shape index (κ3) is 3.90. The Bertz CT molecular complexity index is 1090. The van der Waals surface area contributed by atoms with E-state index in [2.05, 4.69) is 10.4 Å². The summed E-state index contributed by atoms with van der Waals surface area (Å²) in [5.74, 6) is -1.53. The maximum Gasteiger partial charge on any atom is 0.307 e. The van der Waals surface area contributed by atoms with Gasteiger partial charge in [0, 0.05) is 12.4 Å². The summed E-state index contributed by atoms with van der Waals surface area (Å²) in [7, 11) is 2.70. The predicted molar refractivity (Wildman–Crippen MR) is 100 cm³/mol. The second-order valence-electron chi connectivity index (χ2n) is 6.18. The van der Waals surface area contributed by atoms with Crippen molar-refractivity contribution in [1.82, 2.24) is 15.1 Å². The number of hydrogen-bond acceptors (Lipinski definition) is 5. The van der Waals surface area contributed by atoms with E-state index in [9.17, 15) is 18.8 Å². The van der Waals surface area contributed by atoms with Crippen molar-refractivity contribution in [2.24, 2.45) is 7.05 Å². The molecule has 2 aromatic carbocycles. The summed E-state index contributed by atoms with van der Waals surface area (Å²) < 4.78 is 19.0. The van der Waals surface area contributed by atoms with Crippen molar-refractivity contribution in [3.63, 3.8) is 0 Å². The van der Waals surface area contributed by atoms with Gasteiger partial charge in [0.2, 0.25) is 0 Å². The number of fused-ring (bicyclic) bond motifs is 1. The van der Waals surface area contributed by atoms with Crippen LogP contribution in [0, 0.1) is 5.82 Å². The van der Waals surface area contributed by atoms with Gasteiger partial charge in [0.1, 0.15) is 5.82 Å². The Balaban J connectivity index is 1.99. The number of nitrogens with one attached hydrogen (secondary N) is 1. The Labute approximate surface area is 159 Å². The van der Waals surface area contributed by atoms with Crippen LogP contribution in [0.4, 0.5) is 4.39 Å². The van der Waals surface area contributed by atoms with Crippen molar-refractivity contribution in [3.8, 4) is 0 Å². The van der Waals surface area contributed by atoms with E-state index in [1.807, 2.05) is 0 Å². The minimum atomic E-state index is -0.752. The number of nitrogens with zero attached hydrogens (tertiary/aromatic N) is 2. The number of benzene rings is 2. The molecule has 1 N–H and O–H groups in total. The summed E-state index contributed by atoms with van der Waals surface area (Å²) in [4.78, 5) is 36.9. The number of aryl methyl sites for hydroxylation is 1. The van der Waals surface area contributed by atoms with Crippen LogP contribution in [-0.2, 0) is 16.6 Å². The van der Waals surface area contributed by atoms with Gasteiger partial charge in [-0.25, -0.2) is 9.07 Å². The van der Waals surface area contributed by atoms with Crippen LogP contribution in [0.1, 0.15) is 28.5 Å². The number of hydrogen-bond donors (Lipinski definition) is 1.